The number of piperidine rings is 1. The van der Waals surface area contributed by atoms with E-state index >= 15 is 0 Å². The predicted molar refractivity (Wildman–Crippen MR) is 109 cm³/mol. The van der Waals surface area contributed by atoms with Crippen LogP contribution in [-0.4, -0.2) is 35.9 Å². The number of nitrogens with zero attached hydrogens (tertiary/aromatic N) is 2. The summed E-state index contributed by atoms with van der Waals surface area (Å²) in [6, 6.07) is 18.2. The number of carbonyl (C=O) groups excluding carboxylic acids is 1. The van der Waals surface area contributed by atoms with Crippen molar-refractivity contribution in [2.45, 2.75) is 25.3 Å². The molecule has 4 nitrogen and oxygen atoms in total. The molecule has 0 radical (unpaired) electrons. The van der Waals surface area contributed by atoms with Crippen LogP contribution in [0.5, 0.6) is 0 Å². The Morgan fingerprint density at radius 3 is 2.74 bits per heavy atom. The molecule has 138 valence electrons. The largest absolute Gasteiger partial charge is 0.337 e. The Morgan fingerprint density at radius 1 is 1.15 bits per heavy atom. The van der Waals surface area contributed by atoms with Crippen LogP contribution in [0.25, 0.3) is 10.9 Å². The van der Waals surface area contributed by atoms with Crippen LogP contribution in [0.2, 0.25) is 0 Å². The average Bonchev–Trinajstić information content (AvgIpc) is 2.74. The van der Waals surface area contributed by atoms with E-state index in [9.17, 15) is 4.79 Å². The number of nitrogens with one attached hydrogen (secondary N) is 1. The molecule has 1 aromatic heterocycles. The summed E-state index contributed by atoms with van der Waals surface area (Å²) in [6.07, 6.45) is 4.24. The van der Waals surface area contributed by atoms with Crippen molar-refractivity contribution in [2.75, 3.05) is 20.1 Å². The third-order valence-corrected chi connectivity index (χ3v) is 5.42. The van der Waals surface area contributed by atoms with Crippen molar-refractivity contribution in [2.24, 2.45) is 0 Å². The van der Waals surface area contributed by atoms with E-state index in [0.717, 1.165) is 35.1 Å². The highest BCUT2D eigenvalue weighted by Gasteiger charge is 2.17. The normalized spacial score (nSPS) is 17.0. The van der Waals surface area contributed by atoms with Gasteiger partial charge in [-0.25, -0.2) is 0 Å². The number of benzene rings is 2. The van der Waals surface area contributed by atoms with Crippen molar-refractivity contribution < 1.29 is 4.79 Å². The summed E-state index contributed by atoms with van der Waals surface area (Å²) in [5.74, 6) is 0.605. The van der Waals surface area contributed by atoms with Gasteiger partial charge in [0.1, 0.15) is 0 Å². The molecule has 1 aliphatic rings. The van der Waals surface area contributed by atoms with Gasteiger partial charge in [-0.3, -0.25) is 9.78 Å². The van der Waals surface area contributed by atoms with E-state index in [1.54, 1.807) is 4.90 Å². The standard InChI is InChI=1S/C23H25N3O/c1-26(16-20-12-14-25-22-7-3-2-6-21(20)22)23(27)18-10-8-17(9-11-18)19-5-4-13-24-15-19/h2-3,6-12,14,19,24H,4-5,13,15-16H2,1H3/t19-/m1/s1. The Hall–Kier alpha value is -2.72. The Kier molecular flexibility index (Phi) is 5.16. The molecule has 2 aromatic carbocycles. The Labute approximate surface area is 160 Å². The molecule has 1 saturated heterocycles. The van der Waals surface area contributed by atoms with Gasteiger partial charge in [-0.2, -0.15) is 0 Å². The van der Waals surface area contributed by atoms with Crippen molar-refractivity contribution in [3.05, 3.63) is 77.5 Å². The van der Waals surface area contributed by atoms with Gasteiger partial charge in [-0.15, -0.1) is 0 Å². The molecule has 0 spiro atoms. The number of rotatable bonds is 4. The maximum absolute atomic E-state index is 12.9. The minimum atomic E-state index is 0.0456. The molecular weight excluding hydrogens is 334 g/mol. The second-order valence-electron chi connectivity index (χ2n) is 7.31. The molecule has 1 N–H and O–H groups in total. The highest BCUT2D eigenvalue weighted by Crippen LogP contribution is 2.24. The molecule has 0 unspecified atom stereocenters. The van der Waals surface area contributed by atoms with E-state index in [4.69, 9.17) is 0 Å². The summed E-state index contributed by atoms with van der Waals surface area (Å²) in [5.41, 5.74) is 4.13. The fraction of sp³-hybridized carbons (Fsp3) is 0.304. The first kappa shape index (κ1) is 17.7. The van der Waals surface area contributed by atoms with Gasteiger partial charge in [-0.05, 0) is 60.7 Å². The molecule has 4 rings (SSSR count). The van der Waals surface area contributed by atoms with Crippen LogP contribution in [0.3, 0.4) is 0 Å². The Bertz CT molecular complexity index is 925. The van der Waals surface area contributed by atoms with E-state index in [0.29, 0.717) is 12.5 Å². The molecule has 2 heterocycles. The molecule has 0 saturated carbocycles. The van der Waals surface area contributed by atoms with Crippen molar-refractivity contribution in [3.63, 3.8) is 0 Å². The minimum Gasteiger partial charge on any atom is -0.337 e. The predicted octanol–water partition coefficient (Wildman–Crippen LogP) is 3.97. The van der Waals surface area contributed by atoms with Crippen LogP contribution >= 0.6 is 0 Å². The van der Waals surface area contributed by atoms with Gasteiger partial charge in [0, 0.05) is 37.3 Å². The monoisotopic (exact) mass is 359 g/mol. The molecule has 0 bridgehead atoms. The number of para-hydroxylation sites is 1. The first-order valence-electron chi connectivity index (χ1n) is 9.61. The van der Waals surface area contributed by atoms with Crippen LogP contribution in [0.4, 0.5) is 0 Å². The third-order valence-electron chi connectivity index (χ3n) is 5.42. The van der Waals surface area contributed by atoms with E-state index in [1.165, 1.54) is 18.4 Å². The summed E-state index contributed by atoms with van der Waals surface area (Å²) < 4.78 is 0. The number of fused-ring (bicyclic) bond motifs is 1. The van der Waals surface area contributed by atoms with Gasteiger partial charge in [0.05, 0.1) is 5.52 Å². The first-order valence-corrected chi connectivity index (χ1v) is 9.61. The van der Waals surface area contributed by atoms with E-state index < -0.39 is 0 Å². The first-order chi connectivity index (χ1) is 13.2. The topological polar surface area (TPSA) is 45.2 Å². The van der Waals surface area contributed by atoms with E-state index in [1.807, 2.05) is 49.6 Å². The van der Waals surface area contributed by atoms with Gasteiger partial charge >= 0.3 is 0 Å². The summed E-state index contributed by atoms with van der Waals surface area (Å²) in [5, 5.41) is 4.55. The highest BCUT2D eigenvalue weighted by molar-refractivity contribution is 5.94. The molecule has 3 aromatic rings. The zero-order valence-corrected chi connectivity index (χ0v) is 15.7. The minimum absolute atomic E-state index is 0.0456. The molecule has 1 fully saturated rings. The van der Waals surface area contributed by atoms with Crippen LogP contribution in [0, 0.1) is 0 Å². The summed E-state index contributed by atoms with van der Waals surface area (Å²) in [7, 11) is 1.86. The highest BCUT2D eigenvalue weighted by atomic mass is 16.2. The fourth-order valence-electron chi connectivity index (χ4n) is 3.87. The van der Waals surface area contributed by atoms with Gasteiger partial charge in [0.2, 0.25) is 0 Å². The summed E-state index contributed by atoms with van der Waals surface area (Å²) in [4.78, 5) is 19.0. The molecule has 0 aliphatic carbocycles. The number of hydrogen-bond donors (Lipinski definition) is 1. The second kappa shape index (κ2) is 7.89. The van der Waals surface area contributed by atoms with Crippen LogP contribution in [0.1, 0.15) is 40.2 Å². The average molecular weight is 359 g/mol. The Balaban J connectivity index is 1.48. The van der Waals surface area contributed by atoms with Crippen molar-refractivity contribution in [1.29, 1.82) is 0 Å². The third kappa shape index (κ3) is 3.86. The van der Waals surface area contributed by atoms with Crippen LogP contribution < -0.4 is 5.32 Å². The molecule has 1 aliphatic heterocycles. The van der Waals surface area contributed by atoms with Crippen molar-refractivity contribution in [1.82, 2.24) is 15.2 Å². The van der Waals surface area contributed by atoms with Gasteiger partial charge < -0.3 is 10.2 Å². The molecule has 4 heteroatoms. The molecular formula is C23H25N3O. The van der Waals surface area contributed by atoms with Crippen molar-refractivity contribution >= 4 is 16.8 Å². The maximum atomic E-state index is 12.9. The van der Waals surface area contributed by atoms with Gasteiger partial charge in [0.15, 0.2) is 0 Å². The smallest absolute Gasteiger partial charge is 0.253 e. The van der Waals surface area contributed by atoms with Gasteiger partial charge in [-0.1, -0.05) is 30.3 Å². The molecule has 27 heavy (non-hydrogen) atoms. The second-order valence-corrected chi connectivity index (χ2v) is 7.31. The number of aromatic nitrogens is 1. The molecule has 1 atom stereocenters. The SMILES string of the molecule is CN(Cc1ccnc2ccccc12)C(=O)c1ccc([C@@H]2CCCNC2)cc1. The van der Waals surface area contributed by atoms with Crippen LogP contribution in [-0.2, 0) is 6.54 Å². The fourth-order valence-corrected chi connectivity index (χ4v) is 3.87. The lowest BCUT2D eigenvalue weighted by atomic mass is 9.91. The zero-order chi connectivity index (χ0) is 18.6. The summed E-state index contributed by atoms with van der Waals surface area (Å²) >= 11 is 0. The lowest BCUT2D eigenvalue weighted by molar-refractivity contribution is 0.0785. The number of carbonyl (C=O) groups is 1. The zero-order valence-electron chi connectivity index (χ0n) is 15.7. The lowest BCUT2D eigenvalue weighted by Gasteiger charge is -2.23. The molecule has 1 amide bonds. The van der Waals surface area contributed by atoms with E-state index in [-0.39, 0.29) is 5.91 Å². The summed E-state index contributed by atoms with van der Waals surface area (Å²) in [6.45, 7) is 2.71. The number of hydrogen-bond acceptors (Lipinski definition) is 3. The van der Waals surface area contributed by atoms with Crippen molar-refractivity contribution in [3.8, 4) is 0 Å². The quantitative estimate of drug-likeness (QED) is 0.766. The maximum Gasteiger partial charge on any atom is 0.253 e. The number of pyridine rings is 1. The van der Waals surface area contributed by atoms with E-state index in [2.05, 4.69) is 28.5 Å². The number of amides is 1. The lowest BCUT2D eigenvalue weighted by Crippen LogP contribution is -2.28. The van der Waals surface area contributed by atoms with Crippen LogP contribution in [0.15, 0.2) is 60.8 Å². The Morgan fingerprint density at radius 2 is 1.96 bits per heavy atom. The van der Waals surface area contributed by atoms with Gasteiger partial charge in [0.25, 0.3) is 5.91 Å².